The van der Waals surface area contributed by atoms with E-state index >= 15 is 0 Å². The maximum absolute atomic E-state index is 12.3. The maximum Gasteiger partial charge on any atom is 0.224 e. The van der Waals surface area contributed by atoms with Gasteiger partial charge in [0.1, 0.15) is 5.75 Å². The van der Waals surface area contributed by atoms with E-state index in [4.69, 9.17) is 0 Å². The van der Waals surface area contributed by atoms with Crippen molar-refractivity contribution >= 4 is 17.5 Å². The first-order valence-corrected chi connectivity index (χ1v) is 8.41. The van der Waals surface area contributed by atoms with Crippen molar-refractivity contribution in [1.82, 2.24) is 4.90 Å². The topological polar surface area (TPSA) is 89.9 Å². The molecule has 1 unspecified atom stereocenters. The first-order valence-electron chi connectivity index (χ1n) is 8.41. The zero-order valence-electron chi connectivity index (χ0n) is 14.3. The molecule has 3 N–H and O–H groups in total. The predicted octanol–water partition coefficient (Wildman–Crippen LogP) is 2.12. The molecule has 6 nitrogen and oxygen atoms in total. The number of rotatable bonds is 5. The molecular formula is C18H26N2O4. The van der Waals surface area contributed by atoms with Crippen molar-refractivity contribution in [3.63, 3.8) is 0 Å². The molecule has 1 heterocycles. The van der Waals surface area contributed by atoms with E-state index in [-0.39, 0.29) is 36.3 Å². The number of hydrogen-bond donors (Lipinski definition) is 3. The second-order valence-corrected chi connectivity index (χ2v) is 6.65. The van der Waals surface area contributed by atoms with Crippen molar-refractivity contribution in [1.29, 1.82) is 0 Å². The highest BCUT2D eigenvalue weighted by atomic mass is 16.3. The van der Waals surface area contributed by atoms with Crippen LogP contribution in [-0.2, 0) is 9.59 Å². The first kappa shape index (κ1) is 18.3. The van der Waals surface area contributed by atoms with Crippen LogP contribution in [0, 0.1) is 5.92 Å². The number of nitrogens with zero attached hydrogens (tertiary/aromatic N) is 1. The van der Waals surface area contributed by atoms with Crippen LogP contribution in [0.4, 0.5) is 5.69 Å². The number of aliphatic hydroxyl groups is 1. The van der Waals surface area contributed by atoms with Gasteiger partial charge in [0.15, 0.2) is 0 Å². The van der Waals surface area contributed by atoms with E-state index in [0.29, 0.717) is 25.2 Å². The van der Waals surface area contributed by atoms with Gasteiger partial charge in [0.25, 0.3) is 0 Å². The lowest BCUT2D eigenvalue weighted by atomic mass is 9.81. The van der Waals surface area contributed by atoms with Gasteiger partial charge in [-0.2, -0.15) is 0 Å². The second kappa shape index (κ2) is 7.66. The van der Waals surface area contributed by atoms with Gasteiger partial charge < -0.3 is 20.4 Å². The number of phenolic OH excluding ortho intramolecular Hbond substituents is 1. The van der Waals surface area contributed by atoms with Crippen molar-refractivity contribution < 1.29 is 19.8 Å². The highest BCUT2D eigenvalue weighted by Gasteiger charge is 2.37. The second-order valence-electron chi connectivity index (χ2n) is 6.65. The number of carbonyl (C=O) groups is 2. The minimum atomic E-state index is -0.724. The molecule has 132 valence electrons. The van der Waals surface area contributed by atoms with Crippen LogP contribution >= 0.6 is 0 Å². The first-order chi connectivity index (χ1) is 11.3. The van der Waals surface area contributed by atoms with Gasteiger partial charge in [-0.1, -0.05) is 13.0 Å². The zero-order valence-corrected chi connectivity index (χ0v) is 14.3. The van der Waals surface area contributed by atoms with Crippen LogP contribution in [0.3, 0.4) is 0 Å². The lowest BCUT2D eigenvalue weighted by Gasteiger charge is -2.42. The molecule has 0 aliphatic carbocycles. The van der Waals surface area contributed by atoms with Crippen LogP contribution in [0.5, 0.6) is 5.75 Å². The quantitative estimate of drug-likeness (QED) is 0.769. The van der Waals surface area contributed by atoms with Crippen LogP contribution in [0.25, 0.3) is 0 Å². The Balaban J connectivity index is 1.81. The van der Waals surface area contributed by atoms with Crippen LogP contribution in [0.1, 0.15) is 39.5 Å². The van der Waals surface area contributed by atoms with Crippen LogP contribution in [0.15, 0.2) is 24.3 Å². The molecule has 1 fully saturated rings. The molecule has 2 rings (SSSR count). The van der Waals surface area contributed by atoms with Gasteiger partial charge in [-0.25, -0.2) is 0 Å². The summed E-state index contributed by atoms with van der Waals surface area (Å²) in [6.45, 7) is 4.90. The number of nitrogens with one attached hydrogen (secondary N) is 1. The molecule has 0 bridgehead atoms. The van der Waals surface area contributed by atoms with Gasteiger partial charge in [0.2, 0.25) is 11.8 Å². The molecule has 1 aromatic rings. The minimum absolute atomic E-state index is 0.0602. The minimum Gasteiger partial charge on any atom is -0.508 e. The van der Waals surface area contributed by atoms with Gasteiger partial charge in [0.05, 0.1) is 5.60 Å². The summed E-state index contributed by atoms with van der Waals surface area (Å²) < 4.78 is 0. The van der Waals surface area contributed by atoms with Crippen molar-refractivity contribution in [2.75, 3.05) is 18.4 Å². The van der Waals surface area contributed by atoms with Gasteiger partial charge in [-0.3, -0.25) is 9.59 Å². The van der Waals surface area contributed by atoms with E-state index in [2.05, 4.69) is 5.32 Å². The van der Waals surface area contributed by atoms with E-state index in [0.717, 1.165) is 6.42 Å². The Morgan fingerprint density at radius 1 is 1.38 bits per heavy atom. The molecule has 1 aliphatic heterocycles. The molecule has 2 atom stereocenters. The molecular weight excluding hydrogens is 308 g/mol. The largest absolute Gasteiger partial charge is 0.508 e. The SMILES string of the molecule is CCC1CN(C(=O)CCC(=O)Nc2cccc(O)c2)CC[C@@]1(C)O. The third kappa shape index (κ3) is 4.71. The molecule has 1 aromatic carbocycles. The fraction of sp³-hybridized carbons (Fsp3) is 0.556. The number of benzene rings is 1. The van der Waals surface area contributed by atoms with Crippen LogP contribution < -0.4 is 5.32 Å². The Hall–Kier alpha value is -2.08. The Morgan fingerprint density at radius 2 is 2.12 bits per heavy atom. The average Bonchev–Trinajstić information content (AvgIpc) is 2.52. The summed E-state index contributed by atoms with van der Waals surface area (Å²) in [4.78, 5) is 26.0. The van der Waals surface area contributed by atoms with E-state index in [1.807, 2.05) is 13.8 Å². The summed E-state index contributed by atoms with van der Waals surface area (Å²) in [7, 11) is 0. The molecule has 1 aliphatic rings. The molecule has 0 spiro atoms. The lowest BCUT2D eigenvalue weighted by Crippen LogP contribution is -2.51. The standard InChI is InChI=1S/C18H26N2O4/c1-3-13-12-20(10-9-18(13,2)24)17(23)8-7-16(22)19-14-5-4-6-15(21)11-14/h4-6,11,13,21,24H,3,7-10,12H2,1-2H3,(H,19,22)/t13?,18-/m1/s1. The Kier molecular flexibility index (Phi) is 5.83. The van der Waals surface area contributed by atoms with Crippen molar-refractivity contribution in [3.8, 4) is 5.75 Å². The normalized spacial score (nSPS) is 23.8. The Bertz CT molecular complexity index is 600. The van der Waals surface area contributed by atoms with Crippen molar-refractivity contribution in [2.24, 2.45) is 5.92 Å². The van der Waals surface area contributed by atoms with E-state index in [9.17, 15) is 19.8 Å². The van der Waals surface area contributed by atoms with Crippen molar-refractivity contribution in [3.05, 3.63) is 24.3 Å². The highest BCUT2D eigenvalue weighted by Crippen LogP contribution is 2.30. The summed E-state index contributed by atoms with van der Waals surface area (Å²) in [5.74, 6) is -0.175. The van der Waals surface area contributed by atoms with Gasteiger partial charge in [0, 0.05) is 43.6 Å². The molecule has 6 heteroatoms. The number of anilines is 1. The lowest BCUT2D eigenvalue weighted by molar-refractivity contribution is -0.140. The smallest absolute Gasteiger partial charge is 0.224 e. The van der Waals surface area contributed by atoms with Crippen LogP contribution in [-0.4, -0.2) is 45.6 Å². The van der Waals surface area contributed by atoms with Gasteiger partial charge >= 0.3 is 0 Å². The molecule has 0 saturated carbocycles. The van der Waals surface area contributed by atoms with E-state index in [1.54, 1.807) is 17.0 Å². The summed E-state index contributed by atoms with van der Waals surface area (Å²) in [5.41, 5.74) is -0.217. The highest BCUT2D eigenvalue weighted by molar-refractivity contribution is 5.93. The average molecular weight is 334 g/mol. The number of likely N-dealkylation sites (tertiary alicyclic amines) is 1. The summed E-state index contributed by atoms with van der Waals surface area (Å²) in [6.07, 6.45) is 1.61. The Morgan fingerprint density at radius 3 is 2.79 bits per heavy atom. The van der Waals surface area contributed by atoms with Gasteiger partial charge in [-0.05, 0) is 31.9 Å². The third-order valence-corrected chi connectivity index (χ3v) is 4.75. The number of piperidine rings is 1. The monoisotopic (exact) mass is 334 g/mol. The fourth-order valence-electron chi connectivity index (χ4n) is 3.10. The van der Waals surface area contributed by atoms with E-state index in [1.165, 1.54) is 12.1 Å². The molecule has 0 radical (unpaired) electrons. The maximum atomic E-state index is 12.3. The number of aromatic hydroxyl groups is 1. The molecule has 0 aromatic heterocycles. The number of phenols is 1. The van der Waals surface area contributed by atoms with Crippen LogP contribution in [0.2, 0.25) is 0 Å². The number of amides is 2. The number of carbonyl (C=O) groups excluding carboxylic acids is 2. The fourth-order valence-corrected chi connectivity index (χ4v) is 3.10. The summed E-state index contributed by atoms with van der Waals surface area (Å²) in [5, 5.41) is 22.4. The van der Waals surface area contributed by atoms with E-state index < -0.39 is 5.60 Å². The van der Waals surface area contributed by atoms with Crippen molar-refractivity contribution in [2.45, 2.75) is 45.1 Å². The van der Waals surface area contributed by atoms with Gasteiger partial charge in [-0.15, -0.1) is 0 Å². The zero-order chi connectivity index (χ0) is 17.7. The molecule has 1 saturated heterocycles. The summed E-state index contributed by atoms with van der Waals surface area (Å²) >= 11 is 0. The Labute approximate surface area is 142 Å². The predicted molar refractivity (Wildman–Crippen MR) is 91.6 cm³/mol. The molecule has 24 heavy (non-hydrogen) atoms. The third-order valence-electron chi connectivity index (χ3n) is 4.75. The summed E-state index contributed by atoms with van der Waals surface area (Å²) in [6, 6.07) is 6.30. The number of hydrogen-bond acceptors (Lipinski definition) is 4. The molecule has 2 amide bonds.